The maximum atomic E-state index is 12.7. The van der Waals surface area contributed by atoms with Crippen LogP contribution in [-0.4, -0.2) is 54.0 Å². The van der Waals surface area contributed by atoms with Crippen molar-refractivity contribution in [3.8, 4) is 16.5 Å². The average molecular weight is 440 g/mol. The van der Waals surface area contributed by atoms with Gasteiger partial charge in [-0.15, -0.1) is 11.3 Å². The summed E-state index contributed by atoms with van der Waals surface area (Å²) in [4.78, 5) is 21.9. The Bertz CT molecular complexity index is 996. The van der Waals surface area contributed by atoms with Gasteiger partial charge in [0.2, 0.25) is 5.91 Å². The Labute approximate surface area is 187 Å². The maximum absolute atomic E-state index is 12.7. The molecule has 0 atom stereocenters. The normalized spacial score (nSPS) is 15.1. The number of methoxy groups -OCH3 is 1. The van der Waals surface area contributed by atoms with E-state index in [1.807, 2.05) is 48.2 Å². The molecule has 3 heterocycles. The van der Waals surface area contributed by atoms with E-state index in [0.29, 0.717) is 6.42 Å². The molecule has 6 nitrogen and oxygen atoms in total. The number of carbonyl (C=O) groups excluding carboxylic acids is 1. The van der Waals surface area contributed by atoms with Crippen molar-refractivity contribution >= 4 is 17.2 Å². The standard InChI is InChI=1S/C24H29N3O3S/c1-18-4-10-22(30-18)24-25-20(17-31-24)16-26-12-3-13-27(15-14-26)23(28)11-7-19-5-8-21(29-2)9-6-19/h4-6,8-10,17H,3,7,11-16H2,1-2H3. The lowest BCUT2D eigenvalue weighted by Gasteiger charge is -2.21. The van der Waals surface area contributed by atoms with E-state index < -0.39 is 0 Å². The number of aryl methyl sites for hydroxylation is 2. The summed E-state index contributed by atoms with van der Waals surface area (Å²) in [6.07, 6.45) is 2.30. The van der Waals surface area contributed by atoms with E-state index in [0.717, 1.165) is 79.1 Å². The SMILES string of the molecule is COc1ccc(CCC(=O)N2CCCN(Cc3csc(-c4ccc(C)o4)n3)CC2)cc1. The summed E-state index contributed by atoms with van der Waals surface area (Å²) in [5.74, 6) is 2.81. The number of hydrogen-bond acceptors (Lipinski definition) is 6. The minimum absolute atomic E-state index is 0.238. The van der Waals surface area contributed by atoms with E-state index in [1.165, 1.54) is 0 Å². The fourth-order valence-corrected chi connectivity index (χ4v) is 4.62. The zero-order valence-electron chi connectivity index (χ0n) is 18.2. The van der Waals surface area contributed by atoms with Crippen LogP contribution in [0.25, 0.3) is 10.8 Å². The number of carbonyl (C=O) groups is 1. The van der Waals surface area contributed by atoms with E-state index in [2.05, 4.69) is 10.3 Å². The number of nitrogens with zero attached hydrogens (tertiary/aromatic N) is 3. The van der Waals surface area contributed by atoms with E-state index in [9.17, 15) is 4.79 Å². The van der Waals surface area contributed by atoms with Crippen molar-refractivity contribution in [2.45, 2.75) is 32.7 Å². The predicted molar refractivity (Wildman–Crippen MR) is 122 cm³/mol. The largest absolute Gasteiger partial charge is 0.497 e. The number of hydrogen-bond donors (Lipinski definition) is 0. The molecule has 164 valence electrons. The number of amides is 1. The lowest BCUT2D eigenvalue weighted by Crippen LogP contribution is -2.35. The highest BCUT2D eigenvalue weighted by molar-refractivity contribution is 7.13. The summed E-state index contributed by atoms with van der Waals surface area (Å²) < 4.78 is 10.9. The second-order valence-corrected chi connectivity index (χ2v) is 8.77. The molecule has 4 rings (SSSR count). The van der Waals surface area contributed by atoms with Crippen molar-refractivity contribution in [3.05, 3.63) is 58.8 Å². The summed E-state index contributed by atoms with van der Waals surface area (Å²) in [7, 11) is 1.66. The molecular weight excluding hydrogens is 410 g/mol. The second kappa shape index (κ2) is 10.1. The molecule has 0 N–H and O–H groups in total. The monoisotopic (exact) mass is 439 g/mol. The zero-order chi connectivity index (χ0) is 21.6. The van der Waals surface area contributed by atoms with Gasteiger partial charge in [-0.1, -0.05) is 12.1 Å². The summed E-state index contributed by atoms with van der Waals surface area (Å²) >= 11 is 1.62. The Morgan fingerprint density at radius 3 is 2.71 bits per heavy atom. The smallest absolute Gasteiger partial charge is 0.222 e. The van der Waals surface area contributed by atoms with E-state index in [-0.39, 0.29) is 5.91 Å². The fourth-order valence-electron chi connectivity index (χ4n) is 3.85. The minimum atomic E-state index is 0.238. The van der Waals surface area contributed by atoms with Crippen LogP contribution in [0.4, 0.5) is 0 Å². The van der Waals surface area contributed by atoms with Gasteiger partial charge in [0.15, 0.2) is 10.8 Å². The summed E-state index contributed by atoms with van der Waals surface area (Å²) in [5, 5.41) is 3.03. The molecule has 0 unspecified atom stereocenters. The molecule has 0 spiro atoms. The molecule has 1 fully saturated rings. The average Bonchev–Trinajstić information content (AvgIpc) is 3.36. The van der Waals surface area contributed by atoms with Crippen LogP contribution in [0.1, 0.15) is 29.9 Å². The van der Waals surface area contributed by atoms with Gasteiger partial charge in [0.05, 0.1) is 12.8 Å². The van der Waals surface area contributed by atoms with Crippen LogP contribution >= 0.6 is 11.3 Å². The van der Waals surface area contributed by atoms with Crippen LogP contribution in [-0.2, 0) is 17.8 Å². The molecule has 1 aliphatic rings. The van der Waals surface area contributed by atoms with Gasteiger partial charge in [0.1, 0.15) is 11.5 Å². The Hall–Kier alpha value is -2.64. The summed E-state index contributed by atoms with van der Waals surface area (Å²) in [5.41, 5.74) is 2.23. The van der Waals surface area contributed by atoms with Gasteiger partial charge in [0, 0.05) is 44.5 Å². The molecule has 2 aromatic heterocycles. The lowest BCUT2D eigenvalue weighted by atomic mass is 10.1. The van der Waals surface area contributed by atoms with Gasteiger partial charge in [-0.3, -0.25) is 9.69 Å². The number of thiazole rings is 1. The Kier molecular flexibility index (Phi) is 7.04. The lowest BCUT2D eigenvalue weighted by molar-refractivity contribution is -0.131. The van der Waals surface area contributed by atoms with Gasteiger partial charge in [-0.2, -0.15) is 0 Å². The van der Waals surface area contributed by atoms with Crippen LogP contribution in [0.5, 0.6) is 5.75 Å². The predicted octanol–water partition coefficient (Wildman–Crippen LogP) is 4.39. The molecule has 0 bridgehead atoms. The first kappa shape index (κ1) is 21.6. The number of furan rings is 1. The Balaban J connectivity index is 1.26. The highest BCUT2D eigenvalue weighted by Crippen LogP contribution is 2.26. The van der Waals surface area contributed by atoms with Gasteiger partial charge < -0.3 is 14.1 Å². The maximum Gasteiger partial charge on any atom is 0.222 e. The third-order valence-electron chi connectivity index (χ3n) is 5.62. The Morgan fingerprint density at radius 1 is 1.13 bits per heavy atom. The highest BCUT2D eigenvalue weighted by Gasteiger charge is 2.20. The van der Waals surface area contributed by atoms with E-state index in [1.54, 1.807) is 18.4 Å². The highest BCUT2D eigenvalue weighted by atomic mass is 32.1. The number of benzene rings is 1. The van der Waals surface area contributed by atoms with Gasteiger partial charge in [-0.05, 0) is 49.6 Å². The molecule has 1 saturated heterocycles. The van der Waals surface area contributed by atoms with Crippen LogP contribution in [0.3, 0.4) is 0 Å². The van der Waals surface area contributed by atoms with Crippen molar-refractivity contribution in [2.24, 2.45) is 0 Å². The van der Waals surface area contributed by atoms with E-state index in [4.69, 9.17) is 14.1 Å². The minimum Gasteiger partial charge on any atom is -0.497 e. The summed E-state index contributed by atoms with van der Waals surface area (Å²) in [6.45, 7) is 6.21. The molecule has 3 aromatic rings. The molecular formula is C24H29N3O3S. The molecule has 7 heteroatoms. The molecule has 0 saturated carbocycles. The molecule has 31 heavy (non-hydrogen) atoms. The summed E-state index contributed by atoms with van der Waals surface area (Å²) in [6, 6.07) is 11.9. The molecule has 1 aromatic carbocycles. The van der Waals surface area contributed by atoms with Crippen LogP contribution in [0.2, 0.25) is 0 Å². The first-order valence-electron chi connectivity index (χ1n) is 10.7. The number of ether oxygens (including phenoxy) is 1. The fraction of sp³-hybridized carbons (Fsp3) is 0.417. The third-order valence-corrected chi connectivity index (χ3v) is 6.52. The van der Waals surface area contributed by atoms with Crippen LogP contribution < -0.4 is 4.74 Å². The van der Waals surface area contributed by atoms with Gasteiger partial charge in [0.25, 0.3) is 0 Å². The zero-order valence-corrected chi connectivity index (χ0v) is 19.0. The molecule has 1 amide bonds. The third kappa shape index (κ3) is 5.74. The molecule has 0 aliphatic carbocycles. The first-order chi connectivity index (χ1) is 15.1. The van der Waals surface area contributed by atoms with Crippen molar-refractivity contribution in [3.63, 3.8) is 0 Å². The quantitative estimate of drug-likeness (QED) is 0.547. The number of aromatic nitrogens is 1. The van der Waals surface area contributed by atoms with Crippen molar-refractivity contribution in [2.75, 3.05) is 33.3 Å². The van der Waals surface area contributed by atoms with Gasteiger partial charge >= 0.3 is 0 Å². The molecule has 1 aliphatic heterocycles. The van der Waals surface area contributed by atoms with Crippen molar-refractivity contribution < 1.29 is 13.9 Å². The Morgan fingerprint density at radius 2 is 1.97 bits per heavy atom. The van der Waals surface area contributed by atoms with Crippen LogP contribution in [0.15, 0.2) is 46.2 Å². The second-order valence-electron chi connectivity index (χ2n) is 7.91. The van der Waals surface area contributed by atoms with Crippen LogP contribution in [0, 0.1) is 6.92 Å². The van der Waals surface area contributed by atoms with Gasteiger partial charge in [-0.25, -0.2) is 4.98 Å². The first-order valence-corrected chi connectivity index (χ1v) is 11.6. The topological polar surface area (TPSA) is 58.8 Å². The van der Waals surface area contributed by atoms with E-state index >= 15 is 0 Å². The molecule has 0 radical (unpaired) electrons. The van der Waals surface area contributed by atoms with Crippen molar-refractivity contribution in [1.29, 1.82) is 0 Å². The van der Waals surface area contributed by atoms with Crippen molar-refractivity contribution in [1.82, 2.24) is 14.8 Å². The number of rotatable bonds is 7.